The van der Waals surface area contributed by atoms with Crippen LogP contribution in [0.5, 0.6) is 11.5 Å². The number of aromatic nitrogens is 2. The lowest BCUT2D eigenvalue weighted by atomic mass is 9.99. The molecule has 228 valence electrons. The van der Waals surface area contributed by atoms with Gasteiger partial charge in [-0.1, -0.05) is 6.92 Å². The van der Waals surface area contributed by atoms with Crippen molar-refractivity contribution < 1.29 is 36.2 Å². The van der Waals surface area contributed by atoms with Crippen LogP contribution >= 0.6 is 0 Å². The van der Waals surface area contributed by atoms with Gasteiger partial charge in [0, 0.05) is 38.4 Å². The smallest absolute Gasteiger partial charge is 0.280 e. The van der Waals surface area contributed by atoms with Gasteiger partial charge >= 0.3 is 0 Å². The predicted molar refractivity (Wildman–Crippen MR) is 154 cm³/mol. The molecular weight excluding hydrogens is 586 g/mol. The summed E-state index contributed by atoms with van der Waals surface area (Å²) < 4.78 is 68.9. The van der Waals surface area contributed by atoms with Crippen LogP contribution in [0.15, 0.2) is 64.9 Å². The number of fused-ring (bicyclic) bond motifs is 1. The Hall–Kier alpha value is -3.66. The van der Waals surface area contributed by atoms with Crippen LogP contribution in [0.1, 0.15) is 24.2 Å². The van der Waals surface area contributed by atoms with Crippen molar-refractivity contribution in [3.8, 4) is 11.5 Å². The van der Waals surface area contributed by atoms with Gasteiger partial charge in [-0.05, 0) is 49.4 Å². The number of benzene rings is 2. The highest BCUT2D eigenvalue weighted by Crippen LogP contribution is 2.32. The second-order valence-electron chi connectivity index (χ2n) is 10.3. The van der Waals surface area contributed by atoms with Crippen LogP contribution in [-0.2, 0) is 27.1 Å². The lowest BCUT2D eigenvalue weighted by Gasteiger charge is -2.38. The molecule has 0 bridgehead atoms. The number of hydrogen-bond donors (Lipinski definition) is 2. The van der Waals surface area contributed by atoms with Crippen LogP contribution in [0.25, 0.3) is 0 Å². The predicted octanol–water partition coefficient (Wildman–Crippen LogP) is 1.77. The first kappa shape index (κ1) is 31.3. The number of carbonyl (C=O) groups is 1. The highest BCUT2D eigenvalue weighted by molar-refractivity contribution is 7.92. The first-order valence-electron chi connectivity index (χ1n) is 13.1. The molecule has 0 fully saturated rings. The molecule has 3 aromatic rings. The zero-order chi connectivity index (χ0) is 30.8. The molecule has 1 aliphatic heterocycles. The number of nitrogens with zero attached hydrogens (tertiary/aromatic N) is 4. The number of likely N-dealkylation sites (N-methyl/N-ethyl adjacent to an activating group) is 1. The minimum atomic E-state index is -4.04. The summed E-state index contributed by atoms with van der Waals surface area (Å²) in [5, 5.41) is 9.71. The van der Waals surface area contributed by atoms with E-state index >= 15 is 0 Å². The standard InChI is InChI=1S/C27H35N5O8S2/c1-18-13-32(19(2)16-33)27(34)23-12-20(29-41(35,36)26-15-30(3)17-28-26)6-11-24(23)40-25(18)14-31(4)42(37,38)22-9-7-21(39-5)8-10-22/h6-12,15,17-19,25,29,33H,13-14,16H2,1-5H3/t18-,19-,25-/m1/s1. The number of aliphatic hydroxyl groups excluding tert-OH is 1. The molecule has 0 aliphatic carbocycles. The Labute approximate surface area is 245 Å². The van der Waals surface area contributed by atoms with E-state index in [9.17, 15) is 26.7 Å². The van der Waals surface area contributed by atoms with Crippen molar-refractivity contribution in [1.82, 2.24) is 18.8 Å². The van der Waals surface area contributed by atoms with Crippen molar-refractivity contribution in [2.24, 2.45) is 13.0 Å². The summed E-state index contributed by atoms with van der Waals surface area (Å²) in [6.07, 6.45) is 2.00. The molecule has 3 atom stereocenters. The van der Waals surface area contributed by atoms with Crippen molar-refractivity contribution in [2.45, 2.75) is 35.9 Å². The summed E-state index contributed by atoms with van der Waals surface area (Å²) in [6, 6.07) is 9.75. The molecule has 2 N–H and O–H groups in total. The SMILES string of the molecule is COc1ccc(S(=O)(=O)N(C)C[C@H]2Oc3ccc(NS(=O)(=O)c4cn(C)cn4)cc3C(=O)N([C@H](C)CO)C[C@H]2C)cc1. The summed E-state index contributed by atoms with van der Waals surface area (Å²) >= 11 is 0. The van der Waals surface area contributed by atoms with Gasteiger partial charge in [0.05, 0.1) is 43.1 Å². The third-order valence-electron chi connectivity index (χ3n) is 7.08. The summed E-state index contributed by atoms with van der Waals surface area (Å²) in [7, 11) is -3.35. The van der Waals surface area contributed by atoms with E-state index in [-0.39, 0.29) is 52.5 Å². The van der Waals surface area contributed by atoms with E-state index in [0.29, 0.717) is 5.75 Å². The summed E-state index contributed by atoms with van der Waals surface area (Å²) in [5.74, 6) is -0.126. The zero-order valence-corrected chi connectivity index (χ0v) is 25.6. The fourth-order valence-electron chi connectivity index (χ4n) is 4.52. The molecule has 4 rings (SSSR count). The first-order chi connectivity index (χ1) is 19.8. The van der Waals surface area contributed by atoms with Gasteiger partial charge in [-0.3, -0.25) is 9.52 Å². The number of amides is 1. The molecule has 0 saturated heterocycles. The molecule has 0 unspecified atom stereocenters. The summed E-state index contributed by atoms with van der Waals surface area (Å²) in [4.78, 5) is 19.1. The van der Waals surface area contributed by atoms with E-state index in [1.54, 1.807) is 26.1 Å². The Morgan fingerprint density at radius 1 is 1.19 bits per heavy atom. The van der Waals surface area contributed by atoms with Gasteiger partial charge in [0.2, 0.25) is 10.0 Å². The van der Waals surface area contributed by atoms with E-state index in [2.05, 4.69) is 9.71 Å². The van der Waals surface area contributed by atoms with Crippen LogP contribution in [-0.4, -0.2) is 92.6 Å². The molecule has 1 amide bonds. The molecule has 42 heavy (non-hydrogen) atoms. The minimum absolute atomic E-state index is 0.0431. The molecule has 15 heteroatoms. The van der Waals surface area contributed by atoms with E-state index in [1.165, 1.54) is 70.8 Å². The van der Waals surface area contributed by atoms with Crippen LogP contribution in [0.3, 0.4) is 0 Å². The Bertz CT molecular complexity index is 1640. The quantitative estimate of drug-likeness (QED) is 0.344. The van der Waals surface area contributed by atoms with Crippen LogP contribution < -0.4 is 14.2 Å². The number of rotatable bonds is 10. The second kappa shape index (κ2) is 12.3. The average Bonchev–Trinajstić information content (AvgIpc) is 3.41. The first-order valence-corrected chi connectivity index (χ1v) is 16.0. The third kappa shape index (κ3) is 6.53. The summed E-state index contributed by atoms with van der Waals surface area (Å²) in [5.41, 5.74) is 0.173. The third-order valence-corrected chi connectivity index (χ3v) is 10.2. The van der Waals surface area contributed by atoms with Gasteiger partial charge < -0.3 is 24.0 Å². The fourth-order valence-corrected chi connectivity index (χ4v) is 6.73. The van der Waals surface area contributed by atoms with E-state index in [0.717, 1.165) is 0 Å². The molecule has 0 radical (unpaired) electrons. The van der Waals surface area contributed by atoms with E-state index in [4.69, 9.17) is 9.47 Å². The average molecular weight is 622 g/mol. The number of ether oxygens (including phenoxy) is 2. The number of aryl methyl sites for hydroxylation is 1. The maximum absolute atomic E-state index is 13.7. The monoisotopic (exact) mass is 621 g/mol. The number of sulfonamides is 2. The zero-order valence-electron chi connectivity index (χ0n) is 24.0. The number of carbonyl (C=O) groups excluding carboxylic acids is 1. The molecule has 1 aromatic heterocycles. The number of anilines is 1. The largest absolute Gasteiger partial charge is 0.497 e. The van der Waals surface area contributed by atoms with E-state index in [1.807, 2.05) is 6.92 Å². The number of imidazole rings is 1. The van der Waals surface area contributed by atoms with Crippen molar-refractivity contribution in [3.05, 3.63) is 60.6 Å². The van der Waals surface area contributed by atoms with Gasteiger partial charge in [-0.25, -0.2) is 13.4 Å². The Morgan fingerprint density at radius 3 is 2.48 bits per heavy atom. The number of hydrogen-bond acceptors (Lipinski definition) is 9. The molecule has 2 aromatic carbocycles. The number of methoxy groups -OCH3 is 1. The van der Waals surface area contributed by atoms with E-state index < -0.39 is 38.1 Å². The van der Waals surface area contributed by atoms with Gasteiger partial charge in [-0.15, -0.1) is 0 Å². The lowest BCUT2D eigenvalue weighted by Crippen LogP contribution is -2.50. The lowest BCUT2D eigenvalue weighted by molar-refractivity contribution is 0.0387. The van der Waals surface area contributed by atoms with Crippen molar-refractivity contribution in [3.63, 3.8) is 0 Å². The number of aliphatic hydroxyl groups is 1. The maximum Gasteiger partial charge on any atom is 0.280 e. The fraction of sp³-hybridized carbons (Fsp3) is 0.407. The summed E-state index contributed by atoms with van der Waals surface area (Å²) in [6.45, 7) is 3.33. The molecule has 13 nitrogen and oxygen atoms in total. The van der Waals surface area contributed by atoms with Gasteiger partial charge in [0.25, 0.3) is 15.9 Å². The normalized spacial score (nSPS) is 18.5. The molecule has 0 spiro atoms. The topological polar surface area (TPSA) is 160 Å². The van der Waals surface area contributed by atoms with Crippen molar-refractivity contribution in [1.29, 1.82) is 0 Å². The molecule has 0 saturated carbocycles. The Kier molecular flexibility index (Phi) is 9.15. The molecule has 1 aliphatic rings. The van der Waals surface area contributed by atoms with Gasteiger partial charge in [-0.2, -0.15) is 12.7 Å². The molecular formula is C27H35N5O8S2. The van der Waals surface area contributed by atoms with Crippen molar-refractivity contribution >= 4 is 31.6 Å². The van der Waals surface area contributed by atoms with Crippen LogP contribution in [0.4, 0.5) is 5.69 Å². The highest BCUT2D eigenvalue weighted by atomic mass is 32.2. The highest BCUT2D eigenvalue weighted by Gasteiger charge is 2.35. The minimum Gasteiger partial charge on any atom is -0.497 e. The van der Waals surface area contributed by atoms with Crippen molar-refractivity contribution in [2.75, 3.05) is 38.6 Å². The Morgan fingerprint density at radius 2 is 1.88 bits per heavy atom. The van der Waals surface area contributed by atoms with Gasteiger partial charge in [0.15, 0.2) is 5.03 Å². The number of nitrogens with one attached hydrogen (secondary N) is 1. The van der Waals surface area contributed by atoms with Crippen LogP contribution in [0, 0.1) is 5.92 Å². The molecule has 2 heterocycles. The van der Waals surface area contributed by atoms with Crippen LogP contribution in [0.2, 0.25) is 0 Å². The maximum atomic E-state index is 13.7. The second-order valence-corrected chi connectivity index (χ2v) is 14.0. The van der Waals surface area contributed by atoms with Gasteiger partial charge in [0.1, 0.15) is 17.6 Å². The Balaban J connectivity index is 1.67.